The van der Waals surface area contributed by atoms with E-state index in [1.54, 1.807) is 0 Å². The van der Waals surface area contributed by atoms with Crippen LogP contribution in [0.3, 0.4) is 0 Å². The first-order valence-corrected chi connectivity index (χ1v) is 4.53. The summed E-state index contributed by atoms with van der Waals surface area (Å²) in [7, 11) is 0. The fourth-order valence-electron chi connectivity index (χ4n) is 2.91. The first-order chi connectivity index (χ1) is 4.81. The minimum Gasteiger partial charge on any atom is -0.358 e. The van der Waals surface area contributed by atoms with Gasteiger partial charge in [0.05, 0.1) is 0 Å². The van der Waals surface area contributed by atoms with Crippen molar-refractivity contribution in [3.05, 3.63) is 7.43 Å². The molecule has 1 saturated carbocycles. The molecule has 3 aliphatic heterocycles. The van der Waals surface area contributed by atoms with Crippen molar-refractivity contribution in [1.29, 1.82) is 0 Å². The second-order valence-corrected chi connectivity index (χ2v) is 3.91. The molecule has 4 bridgehead atoms. The van der Waals surface area contributed by atoms with Gasteiger partial charge in [0.1, 0.15) is 0 Å². The molecule has 0 N–H and O–H groups in total. The third-order valence-corrected chi connectivity index (χ3v) is 3.54. The summed E-state index contributed by atoms with van der Waals surface area (Å²) in [5, 5.41) is 0. The molecule has 1 radical (unpaired) electrons. The van der Waals surface area contributed by atoms with Crippen LogP contribution in [0.25, 0.3) is 0 Å². The summed E-state index contributed by atoms with van der Waals surface area (Å²) in [6.07, 6.45) is 0. The molecule has 0 aromatic carbocycles. The molecule has 2 unspecified atom stereocenters. The van der Waals surface area contributed by atoms with E-state index in [4.69, 9.17) is 0 Å². The average Bonchev–Trinajstić information content (AvgIpc) is 2.48. The van der Waals surface area contributed by atoms with Gasteiger partial charge in [0.25, 0.3) is 0 Å². The monoisotopic (exact) mass is 5210 g/mol. The van der Waals surface area contributed by atoms with Crippen LogP contribution in [0.5, 0.6) is 0 Å². The van der Waals surface area contributed by atoms with Gasteiger partial charge in [-0.1, -0.05) is 20.8 Å². The molecule has 4 fully saturated rings. The van der Waals surface area contributed by atoms with Crippen LogP contribution in [0.1, 0.15) is 20.8 Å². The van der Waals surface area contributed by atoms with Crippen molar-refractivity contribution in [2.45, 2.75) is 20.8 Å². The standard InChI is InChI=1S/C7H11N.C2H6.CH3.27W.Y/c1-7-4-8-2-5(7)6(7)3-8;1-2;;;;;;;;;;;;;;;;;;;;;;;;;;;;;/h5-6H,2-4H2,1H3;1-2H3;1H3;;;;;;;;;;;;;;;;;;;;;;;;;;;;/q;;-1;;;;;;;;;;;;;;;;;;;;;;;;;;;;. The van der Waals surface area contributed by atoms with E-state index in [0.29, 0.717) is 0 Å². The van der Waals surface area contributed by atoms with E-state index in [9.17, 15) is 0 Å². The van der Waals surface area contributed by atoms with E-state index in [2.05, 4.69) is 11.8 Å². The number of nitrogens with zero attached hydrogens (tertiary/aromatic N) is 1. The quantitative estimate of drug-likeness (QED) is 0.336. The molecule has 4 rings (SSSR count). The maximum atomic E-state index is 2.61. The van der Waals surface area contributed by atoms with E-state index >= 15 is 0 Å². The topological polar surface area (TPSA) is 3.24 Å². The molecule has 0 aromatic heterocycles. The van der Waals surface area contributed by atoms with Crippen molar-refractivity contribution >= 4 is 0 Å². The zero-order valence-electron chi connectivity index (χ0n) is 19.8. The van der Waals surface area contributed by atoms with E-state index in [1.165, 1.54) is 19.6 Å². The largest absolute Gasteiger partial charge is 0.358 e. The minimum absolute atomic E-state index is 0. The summed E-state index contributed by atoms with van der Waals surface area (Å²) in [6.45, 7) is 10.7. The van der Waals surface area contributed by atoms with E-state index in [-0.39, 0.29) is 609 Å². The van der Waals surface area contributed by atoms with Crippen LogP contribution in [0.4, 0.5) is 0 Å². The maximum Gasteiger partial charge on any atom is 0.00421 e. The zero-order valence-corrected chi connectivity index (χ0v) is 102. The van der Waals surface area contributed by atoms with Crippen molar-refractivity contribution in [2.75, 3.05) is 19.6 Å². The maximum absolute atomic E-state index is 2.61. The average molecular weight is 5210 g/mol. The Balaban J connectivity index is -0.00000000148. The normalized spacial score (nSPS) is 15.3. The molecule has 4 aliphatic rings. The van der Waals surface area contributed by atoms with E-state index in [0.717, 1.165) is 17.3 Å². The van der Waals surface area contributed by atoms with Gasteiger partial charge in [-0.15, -0.1) is 0 Å². The van der Waals surface area contributed by atoms with Gasteiger partial charge in [0.15, 0.2) is 0 Å². The third-order valence-electron chi connectivity index (χ3n) is 3.54. The van der Waals surface area contributed by atoms with Crippen molar-refractivity contribution in [3.8, 4) is 0 Å². The van der Waals surface area contributed by atoms with Gasteiger partial charge < -0.3 is 12.3 Å². The second kappa shape index (κ2) is 131. The third kappa shape index (κ3) is 82.0. The molecule has 0 spiro atoms. The molecule has 29 heteroatoms. The molecule has 3 heterocycles. The molecule has 0 amide bonds. The Morgan fingerprint density at radius 1 is 0.385 bits per heavy atom. The first kappa shape index (κ1) is 207. The van der Waals surface area contributed by atoms with Gasteiger partial charge in [-0.3, -0.25) is 0 Å². The molecule has 231 valence electrons. The Hall–Kier alpha value is 19.6. The second-order valence-electron chi connectivity index (χ2n) is 3.91. The van der Waals surface area contributed by atoms with Gasteiger partial charge in [-0.05, 0) is 17.3 Å². The summed E-state index contributed by atoms with van der Waals surface area (Å²) in [5.74, 6) is 2.25. The van der Waals surface area contributed by atoms with Crippen LogP contribution in [0.2, 0.25) is 0 Å². The molecule has 2 atom stereocenters. The van der Waals surface area contributed by atoms with Gasteiger partial charge in [-0.25, -0.2) is 0 Å². The van der Waals surface area contributed by atoms with E-state index < -0.39 is 0 Å². The summed E-state index contributed by atoms with van der Waals surface area (Å²) in [6, 6.07) is 0. The van der Waals surface area contributed by atoms with Crippen molar-refractivity contribution in [1.82, 2.24) is 4.90 Å². The van der Waals surface area contributed by atoms with Crippen LogP contribution in [-0.2, 0) is 601 Å². The number of piperidine rings is 3. The van der Waals surface area contributed by atoms with Crippen LogP contribution in [0, 0.1) is 24.7 Å². The molecule has 39 heavy (non-hydrogen) atoms. The van der Waals surface area contributed by atoms with Gasteiger partial charge >= 0.3 is 0 Å². The predicted octanol–water partition coefficient (Wildman–Crippen LogP) is 1.97. The van der Waals surface area contributed by atoms with Crippen LogP contribution < -0.4 is 0 Å². The SMILES string of the molecule is CC.CC12CN3CC1C2C3.[CH3-].[W].[W].[W].[W].[W].[W].[W].[W].[W].[W].[W].[W].[W].[W].[W].[W].[W].[W].[W].[W].[W].[W].[W].[W].[W].[W].[W].[Y]. The number of hydrogen-bond donors (Lipinski definition) is 0. The number of hydrogen-bond acceptors (Lipinski definition) is 1. The molecule has 1 aliphatic carbocycles. The Labute approximate surface area is 653 Å². The van der Waals surface area contributed by atoms with Crippen molar-refractivity contribution in [3.63, 3.8) is 0 Å². The molecule has 3 saturated heterocycles. The van der Waals surface area contributed by atoms with Crippen molar-refractivity contribution < 1.29 is 601 Å². The zero-order chi connectivity index (χ0) is 7.35. The van der Waals surface area contributed by atoms with Gasteiger partial charge in [0.2, 0.25) is 0 Å². The van der Waals surface area contributed by atoms with Gasteiger partial charge in [0, 0.05) is 621 Å². The smallest absolute Gasteiger partial charge is 0.00421 e. The van der Waals surface area contributed by atoms with E-state index in [1.807, 2.05) is 13.8 Å². The molecule has 1 nitrogen and oxygen atoms in total. The fraction of sp³-hybridized carbons (Fsp3) is 0.900. The molecular formula is C10H20NW27Y-. The Morgan fingerprint density at radius 3 is 0.538 bits per heavy atom. The van der Waals surface area contributed by atoms with Gasteiger partial charge in [-0.2, -0.15) is 0 Å². The predicted molar refractivity (Wildman–Crippen MR) is 49.3 cm³/mol. The Bertz CT molecular complexity index is 181. The first-order valence-electron chi connectivity index (χ1n) is 4.53. The summed E-state index contributed by atoms with van der Waals surface area (Å²) < 4.78 is 0. The summed E-state index contributed by atoms with van der Waals surface area (Å²) in [5.41, 5.74) is 0.819. The summed E-state index contributed by atoms with van der Waals surface area (Å²) in [4.78, 5) is 2.61. The van der Waals surface area contributed by atoms with Crippen LogP contribution >= 0.6 is 0 Å². The Kier molecular flexibility index (Phi) is 694. The van der Waals surface area contributed by atoms with Crippen LogP contribution in [-0.4, -0.2) is 24.5 Å². The summed E-state index contributed by atoms with van der Waals surface area (Å²) >= 11 is 0. The Morgan fingerprint density at radius 2 is 0.513 bits per heavy atom. The molecular weight excluding hydrogens is 5190 g/mol. The van der Waals surface area contributed by atoms with Crippen molar-refractivity contribution in [2.24, 2.45) is 17.3 Å². The number of rotatable bonds is 0. The molecule has 0 aromatic rings. The minimum atomic E-state index is 0. The fourth-order valence-corrected chi connectivity index (χ4v) is 2.91. The van der Waals surface area contributed by atoms with Crippen LogP contribution in [0.15, 0.2) is 0 Å².